The molecule has 2 rings (SSSR count). The number of nitrogens with zero attached hydrogens (tertiary/aromatic N) is 3. The second kappa shape index (κ2) is 4.86. The maximum Gasteiger partial charge on any atom is 0.316 e. The van der Waals surface area contributed by atoms with Crippen LogP contribution in [-0.4, -0.2) is 25.4 Å². The van der Waals surface area contributed by atoms with Crippen molar-refractivity contribution in [2.75, 3.05) is 7.11 Å². The summed E-state index contributed by atoms with van der Waals surface area (Å²) >= 11 is -1.47. The highest BCUT2D eigenvalue weighted by Crippen LogP contribution is 2.05. The van der Waals surface area contributed by atoms with Crippen LogP contribution in [0.2, 0.25) is 0 Å². The number of aromatic amines is 1. The van der Waals surface area contributed by atoms with Crippen molar-refractivity contribution in [3.8, 4) is 5.88 Å². The van der Waals surface area contributed by atoms with Gasteiger partial charge in [-0.15, -0.1) is 4.37 Å². The van der Waals surface area contributed by atoms with Gasteiger partial charge in [0.25, 0.3) is 0 Å². The van der Waals surface area contributed by atoms with Gasteiger partial charge >= 0.3 is 5.88 Å². The van der Waals surface area contributed by atoms with Gasteiger partial charge in [0.1, 0.15) is 0 Å². The van der Waals surface area contributed by atoms with E-state index in [4.69, 9.17) is 4.74 Å². The summed E-state index contributed by atoms with van der Waals surface area (Å²) < 4.78 is 22.3. The molecule has 84 valence electrons. The van der Waals surface area contributed by atoms with Gasteiger partial charge in [0.2, 0.25) is 5.49 Å². The fraction of sp³-hybridized carbons (Fsp3) is 0.222. The Morgan fingerprint density at radius 3 is 3.19 bits per heavy atom. The molecule has 2 aromatic rings. The third-order valence-corrected chi connectivity index (χ3v) is 2.59. The Bertz CT molecular complexity index is 520. The molecule has 0 amide bonds. The first-order valence-corrected chi connectivity index (χ1v) is 5.65. The molecular weight excluding hydrogens is 228 g/mol. The summed E-state index contributed by atoms with van der Waals surface area (Å²) in [5.41, 5.74) is 1.37. The summed E-state index contributed by atoms with van der Waals surface area (Å²) in [5, 5.41) is 0. The lowest BCUT2D eigenvalue weighted by Crippen LogP contribution is -2.06. The number of ether oxygens (including phenoxy) is 1. The number of aromatic nitrogens is 3. The number of rotatable bonds is 3. The van der Waals surface area contributed by atoms with Crippen molar-refractivity contribution < 1.29 is 9.29 Å². The van der Waals surface area contributed by atoms with Crippen LogP contribution < -0.4 is 10.2 Å². The Balaban J connectivity index is 2.24. The Kier molecular flexibility index (Phi) is 3.28. The van der Waals surface area contributed by atoms with E-state index in [2.05, 4.69) is 18.7 Å². The van der Waals surface area contributed by atoms with Gasteiger partial charge in [0.05, 0.1) is 13.7 Å². The van der Waals surface area contributed by atoms with Crippen LogP contribution >= 0.6 is 11.1 Å². The molecule has 7 heteroatoms. The molecule has 0 saturated heterocycles. The van der Waals surface area contributed by atoms with E-state index in [1.54, 1.807) is 12.4 Å². The van der Waals surface area contributed by atoms with Gasteiger partial charge in [0, 0.05) is 16.8 Å². The van der Waals surface area contributed by atoms with Crippen molar-refractivity contribution in [1.29, 1.82) is 0 Å². The summed E-state index contributed by atoms with van der Waals surface area (Å²) in [6.45, 7) is 0.440. The maximum atomic E-state index is 11.1. The molecule has 0 aliphatic heterocycles. The molecule has 0 aromatic carbocycles. The van der Waals surface area contributed by atoms with Crippen molar-refractivity contribution >= 4 is 11.1 Å². The van der Waals surface area contributed by atoms with Crippen LogP contribution in [0, 0.1) is 0 Å². The van der Waals surface area contributed by atoms with E-state index in [-0.39, 0.29) is 5.88 Å². The van der Waals surface area contributed by atoms with Crippen LogP contribution in [0.1, 0.15) is 5.56 Å². The molecule has 16 heavy (non-hydrogen) atoms. The number of pyridine rings is 1. The summed E-state index contributed by atoms with van der Waals surface area (Å²) in [4.78, 5) is 8.19. The summed E-state index contributed by atoms with van der Waals surface area (Å²) in [6.07, 6.45) is 3.42. The smallest absolute Gasteiger partial charge is 0.316 e. The van der Waals surface area contributed by atoms with Crippen molar-refractivity contribution in [3.63, 3.8) is 0 Å². The fourth-order valence-corrected chi connectivity index (χ4v) is 1.84. The molecule has 2 aromatic heterocycles. The molecule has 0 aliphatic rings. The number of hydrogen-bond donors (Lipinski definition) is 1. The zero-order valence-corrected chi connectivity index (χ0v) is 9.40. The lowest BCUT2D eigenvalue weighted by Gasteiger charge is -1.92. The van der Waals surface area contributed by atoms with Crippen LogP contribution in [0.15, 0.2) is 29.5 Å². The van der Waals surface area contributed by atoms with Gasteiger partial charge in [0.15, 0.2) is 11.1 Å². The molecule has 1 unspecified atom stereocenters. The molecule has 0 fully saturated rings. The minimum atomic E-state index is -1.47. The van der Waals surface area contributed by atoms with Crippen LogP contribution in [-0.2, 0) is 6.54 Å². The third kappa shape index (κ3) is 2.44. The molecule has 0 radical (unpaired) electrons. The first-order valence-electron chi connectivity index (χ1n) is 4.54. The quantitative estimate of drug-likeness (QED) is 0.795. The highest BCUT2D eigenvalue weighted by molar-refractivity contribution is 7.13. The monoisotopic (exact) mass is 238 g/mol. The van der Waals surface area contributed by atoms with E-state index in [1.807, 2.05) is 12.1 Å². The lowest BCUT2D eigenvalue weighted by molar-refractivity contribution is 0.394. The Morgan fingerprint density at radius 1 is 1.62 bits per heavy atom. The lowest BCUT2D eigenvalue weighted by atomic mass is 10.3. The van der Waals surface area contributed by atoms with E-state index >= 15 is 0 Å². The molecule has 1 N–H and O–H groups in total. The zero-order chi connectivity index (χ0) is 11.4. The fourth-order valence-electron chi connectivity index (χ4n) is 1.16. The normalized spacial score (nSPS) is 12.9. The van der Waals surface area contributed by atoms with Gasteiger partial charge in [-0.2, -0.15) is 0 Å². The molecule has 2 heterocycles. The third-order valence-electron chi connectivity index (χ3n) is 1.89. The first-order chi connectivity index (χ1) is 7.79. The van der Waals surface area contributed by atoms with E-state index in [0.717, 1.165) is 5.56 Å². The van der Waals surface area contributed by atoms with Crippen LogP contribution in [0.5, 0.6) is 5.88 Å². The average molecular weight is 238 g/mol. The van der Waals surface area contributed by atoms with Gasteiger partial charge in [-0.1, -0.05) is 6.07 Å². The molecular formula is C9H10N4O2S. The van der Waals surface area contributed by atoms with Crippen molar-refractivity contribution in [2.24, 2.45) is 4.99 Å². The largest absolute Gasteiger partial charge is 0.548 e. The zero-order valence-electron chi connectivity index (χ0n) is 8.58. The summed E-state index contributed by atoms with van der Waals surface area (Å²) in [7, 11) is 1.46. The van der Waals surface area contributed by atoms with Crippen LogP contribution in [0.4, 0.5) is 0 Å². The number of H-pyrrole nitrogens is 1. The molecule has 0 aliphatic carbocycles. The number of methoxy groups -OCH3 is 1. The van der Waals surface area contributed by atoms with E-state index in [9.17, 15) is 4.55 Å². The molecule has 0 bridgehead atoms. The standard InChI is InChI=1S/C9H10N4O2S/c1-15-9-8(12-16(14)13-9)11-6-7-3-2-4-10-5-7/h2-5H,6H2,1H3,(H,11,12). The number of hydrogen-bond acceptors (Lipinski definition) is 5. The molecule has 0 spiro atoms. The van der Waals surface area contributed by atoms with Crippen LogP contribution in [0.3, 0.4) is 0 Å². The van der Waals surface area contributed by atoms with Gasteiger partial charge in [-0.25, -0.2) is 0 Å². The van der Waals surface area contributed by atoms with Gasteiger partial charge in [-0.05, 0) is 11.6 Å². The molecule has 0 saturated carbocycles. The Hall–Kier alpha value is -1.73. The van der Waals surface area contributed by atoms with E-state index in [0.29, 0.717) is 12.0 Å². The van der Waals surface area contributed by atoms with Crippen LogP contribution in [0.25, 0.3) is 0 Å². The highest BCUT2D eigenvalue weighted by atomic mass is 32.2. The first kappa shape index (κ1) is 10.8. The minimum absolute atomic E-state index is 0.266. The summed E-state index contributed by atoms with van der Waals surface area (Å²) in [5.74, 6) is 0.266. The molecule has 6 nitrogen and oxygen atoms in total. The van der Waals surface area contributed by atoms with Gasteiger partial charge < -0.3 is 9.29 Å². The van der Waals surface area contributed by atoms with Gasteiger partial charge in [-0.3, -0.25) is 9.98 Å². The predicted octanol–water partition coefficient (Wildman–Crippen LogP) is 0.642. The van der Waals surface area contributed by atoms with E-state index in [1.165, 1.54) is 7.11 Å². The Morgan fingerprint density at radius 2 is 2.50 bits per heavy atom. The average Bonchev–Trinajstić information content (AvgIpc) is 2.68. The molecule has 1 atom stereocenters. The minimum Gasteiger partial charge on any atom is -0.548 e. The maximum absolute atomic E-state index is 11.1. The SMILES string of the molecule is COc1n[s+]([O-])[nH]c1=NCc1cccnc1. The van der Waals surface area contributed by atoms with Crippen molar-refractivity contribution in [1.82, 2.24) is 13.7 Å². The van der Waals surface area contributed by atoms with Crippen molar-refractivity contribution in [2.45, 2.75) is 6.54 Å². The summed E-state index contributed by atoms with van der Waals surface area (Å²) in [6, 6.07) is 3.74. The topological polar surface area (TPSA) is 86.2 Å². The predicted molar refractivity (Wildman–Crippen MR) is 57.3 cm³/mol. The second-order valence-electron chi connectivity index (χ2n) is 2.98. The number of nitrogens with one attached hydrogen (secondary N) is 1. The Labute approximate surface area is 94.8 Å². The second-order valence-corrected chi connectivity index (χ2v) is 3.86. The highest BCUT2D eigenvalue weighted by Gasteiger charge is 2.07. The van der Waals surface area contributed by atoms with Crippen molar-refractivity contribution in [3.05, 3.63) is 35.6 Å². The van der Waals surface area contributed by atoms with E-state index < -0.39 is 11.1 Å².